The van der Waals surface area contributed by atoms with Crippen LogP contribution in [0.15, 0.2) is 91.3 Å². The number of piperazine rings is 1. The normalized spacial score (nSPS) is 20.7. The molecule has 0 radical (unpaired) electrons. The molecule has 5 aromatic rings. The minimum atomic E-state index is -0.629. The third-order valence-corrected chi connectivity index (χ3v) is 9.83. The number of carbonyl (C=O) groups is 2. The molecule has 0 spiro atoms. The van der Waals surface area contributed by atoms with Crippen LogP contribution < -0.4 is 20.7 Å². The zero-order valence-electron chi connectivity index (χ0n) is 29.5. The second-order valence-corrected chi connectivity index (χ2v) is 14.1. The predicted octanol–water partition coefficient (Wildman–Crippen LogP) is 6.32. The number of aromatic nitrogens is 3. The molecule has 2 aromatic heterocycles. The molecule has 7 rings (SSSR count). The summed E-state index contributed by atoms with van der Waals surface area (Å²) >= 11 is 0. The van der Waals surface area contributed by atoms with Crippen molar-refractivity contribution in [1.29, 1.82) is 0 Å². The SMILES string of the molecule is C[C@@H]1CN(CCc2ccc(-c3cccc(Oc4ncc(F)cc4C(=O)NC4CCC(NC(=O)c5cnc6ccccc6n5)CC4)c3)cc2)C[C@H](C)N1. The molecular weight excluding hydrogens is 657 g/mol. The van der Waals surface area contributed by atoms with Gasteiger partial charge in [0.25, 0.3) is 11.8 Å². The van der Waals surface area contributed by atoms with Crippen molar-refractivity contribution < 1.29 is 18.7 Å². The fourth-order valence-corrected chi connectivity index (χ4v) is 7.27. The van der Waals surface area contributed by atoms with Crippen molar-refractivity contribution in [2.45, 2.75) is 70.1 Å². The minimum Gasteiger partial charge on any atom is -0.438 e. The molecule has 2 amide bonds. The molecule has 11 heteroatoms. The van der Waals surface area contributed by atoms with Gasteiger partial charge in [-0.2, -0.15) is 0 Å². The summed E-state index contributed by atoms with van der Waals surface area (Å²) in [6.45, 7) is 7.63. The number of hydrogen-bond acceptors (Lipinski definition) is 8. The average molecular weight is 702 g/mol. The number of nitrogens with zero attached hydrogens (tertiary/aromatic N) is 4. The topological polar surface area (TPSA) is 121 Å². The van der Waals surface area contributed by atoms with Crippen molar-refractivity contribution in [3.63, 3.8) is 0 Å². The summed E-state index contributed by atoms with van der Waals surface area (Å²) in [7, 11) is 0. The lowest BCUT2D eigenvalue weighted by Crippen LogP contribution is -2.54. The van der Waals surface area contributed by atoms with E-state index in [4.69, 9.17) is 4.74 Å². The van der Waals surface area contributed by atoms with Crippen LogP contribution in [0.2, 0.25) is 0 Å². The molecule has 1 saturated heterocycles. The van der Waals surface area contributed by atoms with E-state index in [0.29, 0.717) is 49.0 Å². The monoisotopic (exact) mass is 701 g/mol. The van der Waals surface area contributed by atoms with Crippen molar-refractivity contribution in [2.24, 2.45) is 0 Å². The van der Waals surface area contributed by atoms with Crippen molar-refractivity contribution in [1.82, 2.24) is 35.8 Å². The molecule has 1 aliphatic carbocycles. The van der Waals surface area contributed by atoms with E-state index in [-0.39, 0.29) is 35.1 Å². The van der Waals surface area contributed by atoms with Crippen LogP contribution in [0.3, 0.4) is 0 Å². The molecule has 0 unspecified atom stereocenters. The number of rotatable bonds is 10. The summed E-state index contributed by atoms with van der Waals surface area (Å²) < 4.78 is 20.5. The highest BCUT2D eigenvalue weighted by Gasteiger charge is 2.26. The Balaban J connectivity index is 0.935. The summed E-state index contributed by atoms with van der Waals surface area (Å²) in [5.74, 6) is -0.845. The third kappa shape index (κ3) is 8.78. The number of amides is 2. The Bertz CT molecular complexity index is 2020. The van der Waals surface area contributed by atoms with Gasteiger partial charge in [-0.05, 0) is 93.0 Å². The van der Waals surface area contributed by atoms with Gasteiger partial charge < -0.3 is 20.7 Å². The van der Waals surface area contributed by atoms with Crippen molar-refractivity contribution >= 4 is 22.8 Å². The van der Waals surface area contributed by atoms with E-state index in [1.165, 1.54) is 11.8 Å². The molecular formula is C41H44FN7O3. The third-order valence-electron chi connectivity index (χ3n) is 9.83. The van der Waals surface area contributed by atoms with E-state index in [1.54, 1.807) is 6.07 Å². The molecule has 2 fully saturated rings. The number of fused-ring (bicyclic) bond motifs is 1. The Morgan fingerprint density at radius 2 is 1.50 bits per heavy atom. The molecule has 1 aliphatic heterocycles. The number of nitrogens with one attached hydrogen (secondary N) is 3. The number of benzene rings is 3. The summed E-state index contributed by atoms with van der Waals surface area (Å²) in [6.07, 6.45) is 6.16. The summed E-state index contributed by atoms with van der Waals surface area (Å²) in [5, 5.41) is 9.66. The van der Waals surface area contributed by atoms with Gasteiger partial charge in [0.05, 0.1) is 23.4 Å². The number of para-hydroxylation sites is 2. The van der Waals surface area contributed by atoms with Gasteiger partial charge in [-0.3, -0.25) is 19.5 Å². The van der Waals surface area contributed by atoms with E-state index in [0.717, 1.165) is 55.0 Å². The van der Waals surface area contributed by atoms with Gasteiger partial charge in [0.2, 0.25) is 5.88 Å². The van der Waals surface area contributed by atoms with Crippen LogP contribution >= 0.6 is 0 Å². The van der Waals surface area contributed by atoms with Crippen LogP contribution in [0.1, 0.15) is 65.9 Å². The van der Waals surface area contributed by atoms with Crippen LogP contribution in [-0.4, -0.2) is 75.5 Å². The highest BCUT2D eigenvalue weighted by molar-refractivity contribution is 5.96. The molecule has 10 nitrogen and oxygen atoms in total. The zero-order chi connectivity index (χ0) is 36.0. The van der Waals surface area contributed by atoms with E-state index in [9.17, 15) is 14.0 Å². The fourth-order valence-electron chi connectivity index (χ4n) is 7.27. The van der Waals surface area contributed by atoms with Gasteiger partial charge in [-0.1, -0.05) is 48.5 Å². The van der Waals surface area contributed by atoms with Crippen molar-refractivity contribution in [2.75, 3.05) is 19.6 Å². The quantitative estimate of drug-likeness (QED) is 0.155. The van der Waals surface area contributed by atoms with Gasteiger partial charge in [0.15, 0.2) is 0 Å². The summed E-state index contributed by atoms with van der Waals surface area (Å²) in [5.41, 5.74) is 4.97. The van der Waals surface area contributed by atoms with Crippen molar-refractivity contribution in [3.8, 4) is 22.8 Å². The maximum Gasteiger partial charge on any atom is 0.271 e. The Hall–Kier alpha value is -5.26. The molecule has 0 bridgehead atoms. The lowest BCUT2D eigenvalue weighted by atomic mass is 9.91. The molecule has 2 atom stereocenters. The smallest absolute Gasteiger partial charge is 0.271 e. The molecule has 3 N–H and O–H groups in total. The van der Waals surface area contributed by atoms with Gasteiger partial charge >= 0.3 is 0 Å². The first-order chi connectivity index (χ1) is 25.3. The number of ether oxygens (including phenoxy) is 1. The second kappa shape index (κ2) is 16.0. The first-order valence-electron chi connectivity index (χ1n) is 18.1. The van der Waals surface area contributed by atoms with Gasteiger partial charge in [0, 0.05) is 43.8 Å². The number of pyridine rings is 1. The Kier molecular flexibility index (Phi) is 10.8. The first-order valence-corrected chi connectivity index (χ1v) is 18.1. The van der Waals surface area contributed by atoms with E-state index in [2.05, 4.69) is 73.9 Å². The van der Waals surface area contributed by atoms with Crippen LogP contribution in [0.25, 0.3) is 22.2 Å². The molecule has 3 heterocycles. The predicted molar refractivity (Wildman–Crippen MR) is 199 cm³/mol. The van der Waals surface area contributed by atoms with E-state index in [1.807, 2.05) is 42.5 Å². The van der Waals surface area contributed by atoms with Crippen LogP contribution in [0.5, 0.6) is 11.6 Å². The maximum atomic E-state index is 14.4. The van der Waals surface area contributed by atoms with Crippen molar-refractivity contribution in [3.05, 3.63) is 114 Å². The highest BCUT2D eigenvalue weighted by Crippen LogP contribution is 2.29. The van der Waals surface area contributed by atoms with Gasteiger partial charge in [-0.25, -0.2) is 14.4 Å². The Morgan fingerprint density at radius 1 is 0.808 bits per heavy atom. The molecule has 3 aromatic carbocycles. The minimum absolute atomic E-state index is 0.0216. The summed E-state index contributed by atoms with van der Waals surface area (Å²) in [4.78, 5) is 41.8. The lowest BCUT2D eigenvalue weighted by molar-refractivity contribution is 0.0887. The fraction of sp³-hybridized carbons (Fsp3) is 0.341. The van der Waals surface area contributed by atoms with Crippen LogP contribution in [0, 0.1) is 5.82 Å². The molecule has 268 valence electrons. The van der Waals surface area contributed by atoms with E-state index < -0.39 is 11.7 Å². The Morgan fingerprint density at radius 3 is 2.23 bits per heavy atom. The Labute approximate surface area is 303 Å². The summed E-state index contributed by atoms with van der Waals surface area (Å²) in [6, 6.07) is 25.5. The zero-order valence-corrected chi connectivity index (χ0v) is 29.5. The number of hydrogen-bond donors (Lipinski definition) is 3. The molecule has 1 saturated carbocycles. The average Bonchev–Trinajstić information content (AvgIpc) is 3.15. The largest absolute Gasteiger partial charge is 0.438 e. The van der Waals surface area contributed by atoms with E-state index >= 15 is 0 Å². The molecule has 52 heavy (non-hydrogen) atoms. The number of carbonyl (C=O) groups excluding carboxylic acids is 2. The molecule has 2 aliphatic rings. The second-order valence-electron chi connectivity index (χ2n) is 14.1. The van der Waals surface area contributed by atoms with Gasteiger partial charge in [-0.15, -0.1) is 0 Å². The van der Waals surface area contributed by atoms with Crippen LogP contribution in [-0.2, 0) is 6.42 Å². The highest BCUT2D eigenvalue weighted by atomic mass is 19.1. The standard InChI is InChI=1S/C41H44FN7O3/c1-26-24-49(25-27(2)45-26)19-18-28-10-12-29(13-11-28)30-6-5-7-34(20-30)52-41-35(21-31(42)22-44-41)39(50)46-32-14-16-33(17-15-32)47-40(51)38-23-43-36-8-3-4-9-37(36)48-38/h3-13,20-23,26-27,32-33,45H,14-19,24-25H2,1-2H3,(H,46,50)(H,47,51)/t26-,27+,32?,33?. The lowest BCUT2D eigenvalue weighted by Gasteiger charge is -2.36. The maximum absolute atomic E-state index is 14.4. The van der Waals surface area contributed by atoms with Gasteiger partial charge in [0.1, 0.15) is 22.8 Å². The number of halogens is 1. The van der Waals surface area contributed by atoms with Crippen LogP contribution in [0.4, 0.5) is 4.39 Å². The first kappa shape index (κ1) is 35.2.